The quantitative estimate of drug-likeness (QED) is 0.803. The fourth-order valence-electron chi connectivity index (χ4n) is 1.97. The van der Waals surface area contributed by atoms with Gasteiger partial charge in [-0.3, -0.25) is 4.68 Å². The summed E-state index contributed by atoms with van der Waals surface area (Å²) in [6.45, 7) is 3.14. The highest BCUT2D eigenvalue weighted by molar-refractivity contribution is 5.14. The van der Waals surface area contributed by atoms with E-state index in [1.807, 2.05) is 12.3 Å². The molecule has 2 N–H and O–H groups in total. The standard InChI is InChI=1S/C14H21N5/c1-18(9-7-13-5-3-2-4-6-13)11-14-12-19(10-8-15)17-16-14/h2-6,12H,7-11,15H2,1H3. The van der Waals surface area contributed by atoms with Gasteiger partial charge in [-0.05, 0) is 19.0 Å². The largest absolute Gasteiger partial charge is 0.329 e. The highest BCUT2D eigenvalue weighted by atomic mass is 15.4. The molecule has 0 fully saturated rings. The van der Waals surface area contributed by atoms with Crippen LogP contribution in [-0.2, 0) is 19.5 Å². The van der Waals surface area contributed by atoms with E-state index >= 15 is 0 Å². The smallest absolute Gasteiger partial charge is 0.0967 e. The highest BCUT2D eigenvalue weighted by Gasteiger charge is 2.05. The zero-order valence-electron chi connectivity index (χ0n) is 11.4. The Hall–Kier alpha value is -1.72. The van der Waals surface area contributed by atoms with Crippen molar-refractivity contribution in [1.29, 1.82) is 0 Å². The van der Waals surface area contributed by atoms with Gasteiger partial charge in [0.05, 0.1) is 12.2 Å². The summed E-state index contributed by atoms with van der Waals surface area (Å²) >= 11 is 0. The van der Waals surface area contributed by atoms with E-state index in [1.54, 1.807) is 4.68 Å². The second kappa shape index (κ2) is 7.01. The van der Waals surface area contributed by atoms with Crippen LogP contribution < -0.4 is 5.73 Å². The molecule has 1 aromatic carbocycles. The maximum Gasteiger partial charge on any atom is 0.0967 e. The van der Waals surface area contributed by atoms with Gasteiger partial charge in [-0.1, -0.05) is 35.5 Å². The summed E-state index contributed by atoms with van der Waals surface area (Å²) in [6, 6.07) is 10.5. The lowest BCUT2D eigenvalue weighted by molar-refractivity contribution is 0.327. The number of nitrogens with zero attached hydrogens (tertiary/aromatic N) is 4. The first-order chi connectivity index (χ1) is 9.28. The molecule has 102 valence electrons. The Morgan fingerprint density at radius 3 is 2.79 bits per heavy atom. The number of hydrogen-bond donors (Lipinski definition) is 1. The molecule has 0 aliphatic carbocycles. The fourth-order valence-corrected chi connectivity index (χ4v) is 1.97. The predicted octanol–water partition coefficient (Wildman–Crippen LogP) is 0.911. The molecule has 0 saturated carbocycles. The Balaban J connectivity index is 1.78. The normalized spacial score (nSPS) is 11.1. The molecule has 5 heteroatoms. The van der Waals surface area contributed by atoms with Crippen molar-refractivity contribution >= 4 is 0 Å². The summed E-state index contributed by atoms with van der Waals surface area (Å²) in [4.78, 5) is 2.25. The first-order valence-electron chi connectivity index (χ1n) is 6.59. The molecule has 0 bridgehead atoms. The van der Waals surface area contributed by atoms with Gasteiger partial charge in [-0.2, -0.15) is 0 Å². The molecular formula is C14H21N5. The van der Waals surface area contributed by atoms with Crippen molar-refractivity contribution in [1.82, 2.24) is 19.9 Å². The molecule has 2 rings (SSSR count). The van der Waals surface area contributed by atoms with Crippen LogP contribution in [-0.4, -0.2) is 40.0 Å². The molecule has 0 atom stereocenters. The van der Waals surface area contributed by atoms with Gasteiger partial charge >= 0.3 is 0 Å². The molecule has 0 aliphatic heterocycles. The molecule has 1 aromatic heterocycles. The van der Waals surface area contributed by atoms with Crippen molar-refractivity contribution in [3.05, 3.63) is 47.8 Å². The van der Waals surface area contributed by atoms with Crippen molar-refractivity contribution in [3.8, 4) is 0 Å². The average molecular weight is 259 g/mol. The maximum atomic E-state index is 5.48. The van der Waals surface area contributed by atoms with Crippen LogP contribution in [0.1, 0.15) is 11.3 Å². The SMILES string of the molecule is CN(CCc1ccccc1)Cc1cn(CCN)nn1. The van der Waals surface area contributed by atoms with Crippen molar-refractivity contribution in [2.24, 2.45) is 5.73 Å². The van der Waals surface area contributed by atoms with Crippen molar-refractivity contribution in [2.75, 3.05) is 20.1 Å². The van der Waals surface area contributed by atoms with E-state index < -0.39 is 0 Å². The molecule has 0 amide bonds. The third-order valence-electron chi connectivity index (χ3n) is 3.00. The minimum Gasteiger partial charge on any atom is -0.329 e. The third-order valence-corrected chi connectivity index (χ3v) is 3.00. The molecule has 1 heterocycles. The summed E-state index contributed by atoms with van der Waals surface area (Å²) in [6.07, 6.45) is 3.01. The van der Waals surface area contributed by atoms with Gasteiger partial charge in [-0.15, -0.1) is 5.10 Å². The highest BCUT2D eigenvalue weighted by Crippen LogP contribution is 2.03. The van der Waals surface area contributed by atoms with Crippen molar-refractivity contribution in [3.63, 3.8) is 0 Å². The Kier molecular flexibility index (Phi) is 5.06. The summed E-state index contributed by atoms with van der Waals surface area (Å²) < 4.78 is 1.79. The molecular weight excluding hydrogens is 238 g/mol. The van der Waals surface area contributed by atoms with E-state index in [4.69, 9.17) is 5.73 Å². The molecule has 0 radical (unpaired) electrons. The Bertz CT molecular complexity index is 480. The number of hydrogen-bond acceptors (Lipinski definition) is 4. The molecule has 0 unspecified atom stereocenters. The zero-order chi connectivity index (χ0) is 13.5. The Labute approximate surface area is 114 Å². The molecule has 0 saturated heterocycles. The number of rotatable bonds is 7. The zero-order valence-corrected chi connectivity index (χ0v) is 11.4. The Morgan fingerprint density at radius 2 is 2.05 bits per heavy atom. The van der Waals surface area contributed by atoms with E-state index in [2.05, 4.69) is 46.5 Å². The summed E-state index contributed by atoms with van der Waals surface area (Å²) in [5, 5.41) is 8.18. The maximum absolute atomic E-state index is 5.48. The fraction of sp³-hybridized carbons (Fsp3) is 0.429. The molecule has 0 spiro atoms. The first kappa shape index (κ1) is 13.7. The van der Waals surface area contributed by atoms with Crippen LogP contribution in [0.2, 0.25) is 0 Å². The van der Waals surface area contributed by atoms with Gasteiger partial charge in [0.15, 0.2) is 0 Å². The second-order valence-corrected chi connectivity index (χ2v) is 4.74. The number of nitrogens with two attached hydrogens (primary N) is 1. The second-order valence-electron chi connectivity index (χ2n) is 4.74. The lowest BCUT2D eigenvalue weighted by Crippen LogP contribution is -2.21. The van der Waals surface area contributed by atoms with Crippen molar-refractivity contribution < 1.29 is 0 Å². The van der Waals surface area contributed by atoms with Crippen LogP contribution in [0.4, 0.5) is 0 Å². The van der Waals surface area contributed by atoms with Gasteiger partial charge in [-0.25, -0.2) is 0 Å². The lowest BCUT2D eigenvalue weighted by atomic mass is 10.1. The van der Waals surface area contributed by atoms with E-state index in [-0.39, 0.29) is 0 Å². The first-order valence-corrected chi connectivity index (χ1v) is 6.59. The summed E-state index contributed by atoms with van der Waals surface area (Å²) in [5.74, 6) is 0. The summed E-state index contributed by atoms with van der Waals surface area (Å²) in [5.41, 5.74) is 7.84. The summed E-state index contributed by atoms with van der Waals surface area (Å²) in [7, 11) is 2.10. The third kappa shape index (κ3) is 4.46. The van der Waals surface area contributed by atoms with Gasteiger partial charge in [0.1, 0.15) is 0 Å². The minimum absolute atomic E-state index is 0.590. The van der Waals surface area contributed by atoms with E-state index in [0.29, 0.717) is 6.54 Å². The van der Waals surface area contributed by atoms with Crippen LogP contribution >= 0.6 is 0 Å². The van der Waals surface area contributed by atoms with Crippen molar-refractivity contribution in [2.45, 2.75) is 19.5 Å². The van der Waals surface area contributed by atoms with Gasteiger partial charge in [0.2, 0.25) is 0 Å². The van der Waals surface area contributed by atoms with E-state index in [0.717, 1.165) is 31.7 Å². The van der Waals surface area contributed by atoms with Gasteiger partial charge in [0.25, 0.3) is 0 Å². The van der Waals surface area contributed by atoms with Crippen LogP contribution in [0.5, 0.6) is 0 Å². The number of aromatic nitrogens is 3. The number of likely N-dealkylation sites (N-methyl/N-ethyl adjacent to an activating group) is 1. The van der Waals surface area contributed by atoms with Gasteiger partial charge in [0, 0.05) is 25.8 Å². The van der Waals surface area contributed by atoms with E-state index in [1.165, 1.54) is 5.56 Å². The Morgan fingerprint density at radius 1 is 1.26 bits per heavy atom. The molecule has 2 aromatic rings. The monoisotopic (exact) mass is 259 g/mol. The van der Waals surface area contributed by atoms with E-state index in [9.17, 15) is 0 Å². The number of benzene rings is 1. The topological polar surface area (TPSA) is 60.0 Å². The van der Waals surface area contributed by atoms with Crippen LogP contribution in [0.25, 0.3) is 0 Å². The van der Waals surface area contributed by atoms with Crippen LogP contribution in [0, 0.1) is 0 Å². The van der Waals surface area contributed by atoms with Crippen LogP contribution in [0.15, 0.2) is 36.5 Å². The molecule has 5 nitrogen and oxygen atoms in total. The van der Waals surface area contributed by atoms with Crippen LogP contribution in [0.3, 0.4) is 0 Å². The lowest BCUT2D eigenvalue weighted by Gasteiger charge is -2.14. The molecule has 0 aliphatic rings. The van der Waals surface area contributed by atoms with Gasteiger partial charge < -0.3 is 10.6 Å². The minimum atomic E-state index is 0.590. The molecule has 19 heavy (non-hydrogen) atoms. The average Bonchev–Trinajstić information content (AvgIpc) is 2.85. The predicted molar refractivity (Wildman–Crippen MR) is 75.6 cm³/mol.